The summed E-state index contributed by atoms with van der Waals surface area (Å²) in [6.07, 6.45) is 3.15. The van der Waals surface area contributed by atoms with Crippen molar-refractivity contribution in [2.75, 3.05) is 65.4 Å². The number of hydrogen-bond donors (Lipinski definition) is 1. The Labute approximate surface area is 271 Å². The molecule has 248 valence electrons. The summed E-state index contributed by atoms with van der Waals surface area (Å²) in [6.45, 7) is 5.09. The molecule has 3 aliphatic heterocycles. The lowest BCUT2D eigenvalue weighted by atomic mass is 9.83. The average Bonchev–Trinajstić information content (AvgIpc) is 3.64. The normalized spacial score (nSPS) is 21.5. The number of carbonyl (C=O) groups excluding carboxylic acids is 3. The Bertz CT molecular complexity index is 1450. The number of unbranched alkanes of at least 4 members (excludes halogenated alkanes) is 1. The fourth-order valence-corrected chi connectivity index (χ4v) is 7.10. The van der Waals surface area contributed by atoms with Crippen molar-refractivity contribution in [3.8, 4) is 5.75 Å². The van der Waals surface area contributed by atoms with Gasteiger partial charge in [-0.25, -0.2) is 4.79 Å². The lowest BCUT2D eigenvalue weighted by molar-refractivity contribution is -0.143. The van der Waals surface area contributed by atoms with Gasteiger partial charge in [0.2, 0.25) is 11.8 Å². The first-order chi connectivity index (χ1) is 22.1. The van der Waals surface area contributed by atoms with Gasteiger partial charge in [-0.1, -0.05) is 37.6 Å². The van der Waals surface area contributed by atoms with Crippen molar-refractivity contribution in [2.24, 2.45) is 5.92 Å². The van der Waals surface area contributed by atoms with E-state index >= 15 is 0 Å². The predicted molar refractivity (Wildman–Crippen MR) is 175 cm³/mol. The number of rotatable bonds is 13. The quantitative estimate of drug-likeness (QED) is 0.356. The molecule has 0 radical (unpaired) electrons. The molecule has 0 bridgehead atoms. The Morgan fingerprint density at radius 3 is 2.63 bits per heavy atom. The van der Waals surface area contributed by atoms with Crippen LogP contribution in [-0.4, -0.2) is 115 Å². The minimum absolute atomic E-state index is 0.0625. The zero-order valence-corrected chi connectivity index (χ0v) is 27.5. The number of imide groups is 1. The molecule has 11 nitrogen and oxygen atoms in total. The van der Waals surface area contributed by atoms with E-state index in [2.05, 4.69) is 30.0 Å². The zero-order valence-electron chi connectivity index (χ0n) is 27.5. The second-order valence-corrected chi connectivity index (χ2v) is 13.0. The number of aliphatic carboxylic acids is 1. The van der Waals surface area contributed by atoms with Gasteiger partial charge in [0, 0.05) is 70.3 Å². The minimum atomic E-state index is -0.918. The van der Waals surface area contributed by atoms with E-state index in [-0.39, 0.29) is 36.7 Å². The number of hydrogen-bond acceptors (Lipinski definition) is 7. The van der Waals surface area contributed by atoms with E-state index in [4.69, 9.17) is 4.74 Å². The van der Waals surface area contributed by atoms with Gasteiger partial charge in [0.05, 0.1) is 19.1 Å². The molecular weight excluding hydrogens is 586 g/mol. The van der Waals surface area contributed by atoms with Gasteiger partial charge in [-0.15, -0.1) is 0 Å². The molecular formula is C35H47N5O6. The van der Waals surface area contributed by atoms with Crippen LogP contribution in [0.15, 0.2) is 42.5 Å². The highest BCUT2D eigenvalue weighted by atomic mass is 16.5. The molecule has 3 heterocycles. The standard InChI is InChI=1S/C35H47N5O6/c1-5-6-15-40(27-9-7-8-24(19-27)21-36(2)3)32(42)23-39-22-28(25-10-11-30-26(20-25)14-18-46-30)33(34(43)44)29(39)12-16-38-17-13-31(41)37(4)35(38)45/h7-11,19-20,28-29,33H,5-6,12-18,21-23H2,1-4H3,(H,43,44)/t28-,29+,33-/m1/s1. The van der Waals surface area contributed by atoms with Gasteiger partial charge in [-0.05, 0) is 61.8 Å². The average molecular weight is 634 g/mol. The minimum Gasteiger partial charge on any atom is -0.493 e. The van der Waals surface area contributed by atoms with Crippen molar-refractivity contribution >= 4 is 29.5 Å². The largest absolute Gasteiger partial charge is 0.493 e. The van der Waals surface area contributed by atoms with E-state index in [0.29, 0.717) is 39.2 Å². The smallest absolute Gasteiger partial charge is 0.326 e. The molecule has 0 spiro atoms. The van der Waals surface area contributed by atoms with Gasteiger partial charge in [0.25, 0.3) is 0 Å². The maximum atomic E-state index is 14.2. The summed E-state index contributed by atoms with van der Waals surface area (Å²) in [5.74, 6) is -1.50. The van der Waals surface area contributed by atoms with Crippen LogP contribution in [0.2, 0.25) is 0 Å². The Morgan fingerprint density at radius 2 is 1.89 bits per heavy atom. The second-order valence-electron chi connectivity index (χ2n) is 13.0. The van der Waals surface area contributed by atoms with E-state index in [9.17, 15) is 24.3 Å². The molecule has 5 rings (SSSR count). The van der Waals surface area contributed by atoms with Crippen LogP contribution >= 0.6 is 0 Å². The highest BCUT2D eigenvalue weighted by Crippen LogP contribution is 2.41. The molecule has 2 aromatic rings. The van der Waals surface area contributed by atoms with Crippen molar-refractivity contribution in [2.45, 2.75) is 57.5 Å². The van der Waals surface area contributed by atoms with Crippen LogP contribution in [0.1, 0.15) is 55.2 Å². The summed E-state index contributed by atoms with van der Waals surface area (Å²) in [4.78, 5) is 60.8. The number of anilines is 1. The molecule has 11 heteroatoms. The van der Waals surface area contributed by atoms with E-state index in [0.717, 1.165) is 58.8 Å². The van der Waals surface area contributed by atoms with Crippen LogP contribution in [0, 0.1) is 5.92 Å². The Balaban J connectivity index is 1.43. The summed E-state index contributed by atoms with van der Waals surface area (Å²) in [6, 6.07) is 13.1. The van der Waals surface area contributed by atoms with Gasteiger partial charge >= 0.3 is 12.0 Å². The Hall–Kier alpha value is -3.96. The molecule has 2 fully saturated rings. The molecule has 4 amide bonds. The van der Waals surface area contributed by atoms with Crippen LogP contribution in [0.25, 0.3) is 0 Å². The maximum Gasteiger partial charge on any atom is 0.326 e. The summed E-state index contributed by atoms with van der Waals surface area (Å²) in [5, 5.41) is 10.6. The van der Waals surface area contributed by atoms with Crippen LogP contribution < -0.4 is 9.64 Å². The summed E-state index contributed by atoms with van der Waals surface area (Å²) in [5.41, 5.74) is 3.94. The number of amides is 4. The van der Waals surface area contributed by atoms with Crippen molar-refractivity contribution in [3.63, 3.8) is 0 Å². The third kappa shape index (κ3) is 7.36. The first kappa shape index (κ1) is 33.4. The highest BCUT2D eigenvalue weighted by Gasteiger charge is 2.47. The maximum absolute atomic E-state index is 14.2. The lowest BCUT2D eigenvalue weighted by Crippen LogP contribution is -2.52. The molecule has 0 saturated carbocycles. The highest BCUT2D eigenvalue weighted by molar-refractivity contribution is 5.96. The van der Waals surface area contributed by atoms with Crippen LogP contribution in [0.4, 0.5) is 10.5 Å². The third-order valence-electron chi connectivity index (χ3n) is 9.49. The first-order valence-corrected chi connectivity index (χ1v) is 16.4. The number of carboxylic acid groups (broad SMARTS) is 1. The number of ether oxygens (including phenoxy) is 1. The van der Waals surface area contributed by atoms with Crippen LogP contribution in [-0.2, 0) is 27.3 Å². The molecule has 2 aromatic carbocycles. The summed E-state index contributed by atoms with van der Waals surface area (Å²) < 4.78 is 5.70. The predicted octanol–water partition coefficient (Wildman–Crippen LogP) is 3.66. The lowest BCUT2D eigenvalue weighted by Gasteiger charge is -2.34. The third-order valence-corrected chi connectivity index (χ3v) is 9.49. The molecule has 0 aliphatic carbocycles. The summed E-state index contributed by atoms with van der Waals surface area (Å²) in [7, 11) is 5.50. The number of carbonyl (C=O) groups is 4. The zero-order chi connectivity index (χ0) is 33.0. The van der Waals surface area contributed by atoms with Crippen LogP contribution in [0.3, 0.4) is 0 Å². The number of carboxylic acids is 1. The Kier molecular flexibility index (Phi) is 10.6. The number of benzene rings is 2. The van der Waals surface area contributed by atoms with Crippen molar-refractivity contribution in [1.29, 1.82) is 0 Å². The van der Waals surface area contributed by atoms with Gasteiger partial charge in [0.1, 0.15) is 5.75 Å². The van der Waals surface area contributed by atoms with Crippen molar-refractivity contribution in [1.82, 2.24) is 19.6 Å². The van der Waals surface area contributed by atoms with Gasteiger partial charge < -0.3 is 24.5 Å². The van der Waals surface area contributed by atoms with E-state index in [1.54, 1.807) is 4.90 Å². The Morgan fingerprint density at radius 1 is 1.09 bits per heavy atom. The van der Waals surface area contributed by atoms with E-state index < -0.39 is 17.9 Å². The summed E-state index contributed by atoms with van der Waals surface area (Å²) >= 11 is 0. The van der Waals surface area contributed by atoms with Gasteiger partial charge in [-0.3, -0.25) is 24.2 Å². The second kappa shape index (κ2) is 14.6. The fourth-order valence-electron chi connectivity index (χ4n) is 7.10. The molecule has 1 N–H and O–H groups in total. The van der Waals surface area contributed by atoms with Crippen molar-refractivity contribution in [3.05, 3.63) is 59.2 Å². The SMILES string of the molecule is CCCCN(C(=O)CN1C[C@H](c2ccc3c(c2)CCO3)[C@@H](C(=O)O)[C@@H]1CCN1CCC(=O)N(C)C1=O)c1cccc(CN(C)C)c1. The van der Waals surface area contributed by atoms with Crippen LogP contribution in [0.5, 0.6) is 5.75 Å². The van der Waals surface area contributed by atoms with E-state index in [1.165, 1.54) is 7.05 Å². The topological polar surface area (TPSA) is 114 Å². The monoisotopic (exact) mass is 633 g/mol. The molecule has 3 atom stereocenters. The molecule has 0 aromatic heterocycles. The number of fused-ring (bicyclic) bond motifs is 1. The van der Waals surface area contributed by atoms with Gasteiger partial charge in [0.15, 0.2) is 0 Å². The first-order valence-electron chi connectivity index (χ1n) is 16.4. The number of likely N-dealkylation sites (tertiary alicyclic amines) is 1. The molecule has 46 heavy (non-hydrogen) atoms. The number of urea groups is 1. The van der Waals surface area contributed by atoms with E-state index in [1.807, 2.05) is 48.2 Å². The number of nitrogens with zero attached hydrogens (tertiary/aromatic N) is 5. The van der Waals surface area contributed by atoms with Gasteiger partial charge in [-0.2, -0.15) is 0 Å². The fraction of sp³-hybridized carbons (Fsp3) is 0.543. The van der Waals surface area contributed by atoms with Crippen molar-refractivity contribution < 1.29 is 29.0 Å². The molecule has 2 saturated heterocycles. The molecule has 0 unspecified atom stereocenters. The molecule has 3 aliphatic rings.